The number of rotatable bonds is 6. The van der Waals surface area contributed by atoms with Gasteiger partial charge in [-0.25, -0.2) is 9.50 Å². The van der Waals surface area contributed by atoms with Crippen LogP contribution in [0.1, 0.15) is 65.3 Å². The number of halogens is 3. The fourth-order valence-electron chi connectivity index (χ4n) is 5.63. The Hall–Kier alpha value is -3.87. The van der Waals surface area contributed by atoms with Crippen LogP contribution in [0.4, 0.5) is 19.0 Å². The van der Waals surface area contributed by atoms with Crippen molar-refractivity contribution in [1.29, 1.82) is 0 Å². The number of nitrogens with two attached hydrogens (primary N) is 1. The van der Waals surface area contributed by atoms with Gasteiger partial charge in [0.05, 0.1) is 23.4 Å². The van der Waals surface area contributed by atoms with Crippen LogP contribution in [0, 0.1) is 5.92 Å². The number of carbonyl (C=O) groups is 2. The standard InChI is InChI=1S/C26H27F3N6O4/c1-12(13-5-6-13)34-11-15-9-14(10-19(20(15)25(34)38)39-26(27,28)29)16-7-8-35-23(31-16)21(22(30)33-35)24(37)32-17-3-2-4-18(17)36/h7-10,12-13,17-18,36H,2-6,11H2,1H3,(H2,30,33)(H,32,37)/t12-,17+,18+/m0/s1. The molecule has 39 heavy (non-hydrogen) atoms. The first-order chi connectivity index (χ1) is 18.5. The minimum atomic E-state index is -5.00. The average Bonchev–Trinajstić information content (AvgIpc) is 3.44. The number of nitrogens with zero attached hydrogens (tertiary/aromatic N) is 4. The summed E-state index contributed by atoms with van der Waals surface area (Å²) in [4.78, 5) is 32.3. The number of nitrogen functional groups attached to an aromatic ring is 1. The number of alkyl halides is 3. The summed E-state index contributed by atoms with van der Waals surface area (Å²) in [5.74, 6) is -1.37. The smallest absolute Gasteiger partial charge is 0.405 e. The van der Waals surface area contributed by atoms with Crippen molar-refractivity contribution in [3.8, 4) is 17.0 Å². The molecule has 3 aliphatic rings. The zero-order valence-electron chi connectivity index (χ0n) is 21.0. The molecule has 10 nitrogen and oxygen atoms in total. The highest BCUT2D eigenvalue weighted by molar-refractivity contribution is 6.05. The number of aromatic nitrogens is 3. The van der Waals surface area contributed by atoms with Gasteiger partial charge in [-0.3, -0.25) is 9.59 Å². The van der Waals surface area contributed by atoms with E-state index in [0.717, 1.165) is 25.3 Å². The first-order valence-corrected chi connectivity index (χ1v) is 12.9. The molecule has 3 aromatic rings. The van der Waals surface area contributed by atoms with E-state index in [1.807, 2.05) is 6.92 Å². The van der Waals surface area contributed by atoms with Gasteiger partial charge in [0.1, 0.15) is 11.3 Å². The topological polar surface area (TPSA) is 135 Å². The monoisotopic (exact) mass is 544 g/mol. The van der Waals surface area contributed by atoms with Crippen molar-refractivity contribution >= 4 is 23.3 Å². The van der Waals surface area contributed by atoms with E-state index >= 15 is 0 Å². The third-order valence-corrected chi connectivity index (χ3v) is 7.85. The lowest BCUT2D eigenvalue weighted by Gasteiger charge is -2.24. The molecular weight excluding hydrogens is 517 g/mol. The third kappa shape index (κ3) is 4.64. The summed E-state index contributed by atoms with van der Waals surface area (Å²) in [6, 6.07) is 3.77. The minimum Gasteiger partial charge on any atom is -0.405 e. The van der Waals surface area contributed by atoms with Gasteiger partial charge >= 0.3 is 6.36 Å². The van der Waals surface area contributed by atoms with Crippen molar-refractivity contribution in [2.24, 2.45) is 5.92 Å². The molecule has 2 saturated carbocycles. The average molecular weight is 545 g/mol. The van der Waals surface area contributed by atoms with Crippen molar-refractivity contribution in [2.75, 3.05) is 5.73 Å². The molecular formula is C26H27F3N6O4. The Morgan fingerprint density at radius 1 is 1.26 bits per heavy atom. The molecule has 3 heterocycles. The number of benzene rings is 1. The Morgan fingerprint density at radius 3 is 2.69 bits per heavy atom. The normalized spacial score (nSPS) is 21.9. The predicted molar refractivity (Wildman–Crippen MR) is 133 cm³/mol. The summed E-state index contributed by atoms with van der Waals surface area (Å²) in [5.41, 5.74) is 6.96. The van der Waals surface area contributed by atoms with Gasteiger partial charge in [-0.2, -0.15) is 0 Å². The van der Waals surface area contributed by atoms with Gasteiger partial charge < -0.3 is 25.8 Å². The molecule has 13 heteroatoms. The van der Waals surface area contributed by atoms with E-state index in [0.29, 0.717) is 24.3 Å². The molecule has 0 radical (unpaired) electrons. The van der Waals surface area contributed by atoms with Crippen LogP contribution in [-0.2, 0) is 6.54 Å². The molecule has 0 unspecified atom stereocenters. The lowest BCUT2D eigenvalue weighted by atomic mass is 10.0. The zero-order valence-corrected chi connectivity index (χ0v) is 21.0. The molecule has 2 amide bonds. The first-order valence-electron chi connectivity index (χ1n) is 12.9. The Labute approximate surface area is 220 Å². The molecule has 0 spiro atoms. The van der Waals surface area contributed by atoms with Crippen molar-refractivity contribution in [3.05, 3.63) is 41.1 Å². The first kappa shape index (κ1) is 25.4. The Bertz CT molecular complexity index is 1480. The van der Waals surface area contributed by atoms with Gasteiger partial charge in [-0.05, 0) is 68.7 Å². The molecule has 0 bridgehead atoms. The largest absolute Gasteiger partial charge is 0.573 e. The van der Waals surface area contributed by atoms with Crippen molar-refractivity contribution in [3.63, 3.8) is 0 Å². The summed E-state index contributed by atoms with van der Waals surface area (Å²) in [6.07, 6.45) is -0.231. The quantitative estimate of drug-likeness (QED) is 0.434. The maximum Gasteiger partial charge on any atom is 0.573 e. The summed E-state index contributed by atoms with van der Waals surface area (Å²) in [5, 5.41) is 17.0. The van der Waals surface area contributed by atoms with Crippen LogP contribution < -0.4 is 15.8 Å². The van der Waals surface area contributed by atoms with Crippen molar-refractivity contribution < 1.29 is 32.6 Å². The van der Waals surface area contributed by atoms with Crippen LogP contribution in [-0.4, -0.2) is 61.0 Å². The van der Waals surface area contributed by atoms with E-state index in [9.17, 15) is 27.9 Å². The van der Waals surface area contributed by atoms with Crippen molar-refractivity contribution in [2.45, 2.75) is 70.1 Å². The lowest BCUT2D eigenvalue weighted by Crippen LogP contribution is -2.40. The van der Waals surface area contributed by atoms with Crippen molar-refractivity contribution in [1.82, 2.24) is 24.8 Å². The number of carbonyl (C=O) groups excluding carboxylic acids is 2. The second-order valence-electron chi connectivity index (χ2n) is 10.5. The van der Waals surface area contributed by atoms with Crippen LogP contribution >= 0.6 is 0 Å². The minimum absolute atomic E-state index is 0.00323. The van der Waals surface area contributed by atoms with E-state index in [2.05, 4.69) is 20.1 Å². The summed E-state index contributed by atoms with van der Waals surface area (Å²) < 4.78 is 45.7. The predicted octanol–water partition coefficient (Wildman–Crippen LogP) is 3.27. The molecule has 3 atom stereocenters. The lowest BCUT2D eigenvalue weighted by molar-refractivity contribution is -0.274. The number of ether oxygens (including phenoxy) is 1. The number of fused-ring (bicyclic) bond motifs is 2. The highest BCUT2D eigenvalue weighted by Gasteiger charge is 2.42. The number of hydrogen-bond donors (Lipinski definition) is 3. The maximum absolute atomic E-state index is 13.4. The van der Waals surface area contributed by atoms with Crippen LogP contribution in [0.5, 0.6) is 5.75 Å². The highest BCUT2D eigenvalue weighted by Crippen LogP contribution is 2.42. The van der Waals surface area contributed by atoms with E-state index < -0.39 is 36.1 Å². The number of aliphatic hydroxyl groups is 1. The summed E-state index contributed by atoms with van der Waals surface area (Å²) >= 11 is 0. The van der Waals surface area contributed by atoms with Gasteiger partial charge in [0, 0.05) is 24.3 Å². The number of hydrogen-bond acceptors (Lipinski definition) is 7. The summed E-state index contributed by atoms with van der Waals surface area (Å²) in [6.45, 7) is 2.07. The molecule has 6 rings (SSSR count). The Kier molecular flexibility index (Phi) is 5.93. The van der Waals surface area contributed by atoms with E-state index in [-0.39, 0.29) is 46.4 Å². The molecule has 2 fully saturated rings. The zero-order chi connectivity index (χ0) is 27.6. The van der Waals surface area contributed by atoms with Gasteiger partial charge in [0.25, 0.3) is 11.8 Å². The van der Waals surface area contributed by atoms with Crippen LogP contribution in [0.25, 0.3) is 16.9 Å². The second kappa shape index (κ2) is 9.11. The Balaban J connectivity index is 1.39. The van der Waals surface area contributed by atoms with Gasteiger partial charge in [0.2, 0.25) is 0 Å². The number of anilines is 1. The maximum atomic E-state index is 13.4. The van der Waals surface area contributed by atoms with E-state index in [1.165, 1.54) is 16.8 Å². The fourth-order valence-corrected chi connectivity index (χ4v) is 5.63. The molecule has 0 saturated heterocycles. The fraction of sp³-hybridized carbons (Fsp3) is 0.462. The molecule has 4 N–H and O–H groups in total. The van der Waals surface area contributed by atoms with Gasteiger partial charge in [-0.15, -0.1) is 18.3 Å². The van der Waals surface area contributed by atoms with E-state index in [1.54, 1.807) is 11.0 Å². The number of amides is 2. The number of nitrogens with one attached hydrogen (secondary N) is 1. The molecule has 2 aliphatic carbocycles. The van der Waals surface area contributed by atoms with Gasteiger partial charge in [0.15, 0.2) is 11.5 Å². The molecule has 1 aromatic carbocycles. The number of aliphatic hydroxyl groups excluding tert-OH is 1. The second-order valence-corrected chi connectivity index (χ2v) is 10.5. The SMILES string of the molecule is C[C@@H](C1CC1)N1Cc2cc(-c3ccn4nc(N)c(C(=O)N[C@@H]5CCC[C@H]5O)c4n3)cc(OC(F)(F)F)c2C1=O. The van der Waals surface area contributed by atoms with Crippen LogP contribution in [0.3, 0.4) is 0 Å². The summed E-state index contributed by atoms with van der Waals surface area (Å²) in [7, 11) is 0. The molecule has 206 valence electrons. The van der Waals surface area contributed by atoms with Crippen LogP contribution in [0.2, 0.25) is 0 Å². The highest BCUT2D eigenvalue weighted by atomic mass is 19.4. The molecule has 1 aliphatic heterocycles. The Morgan fingerprint density at radius 2 is 2.03 bits per heavy atom. The van der Waals surface area contributed by atoms with Crippen LogP contribution in [0.15, 0.2) is 24.4 Å². The molecule has 2 aromatic heterocycles. The third-order valence-electron chi connectivity index (χ3n) is 7.85. The van der Waals surface area contributed by atoms with Gasteiger partial charge in [-0.1, -0.05) is 0 Å². The van der Waals surface area contributed by atoms with E-state index in [4.69, 9.17) is 5.73 Å².